The standard InChI is InChI=1S/O7S2/c1-8(2)5-6-9(3,4)7-8. The molecule has 0 aliphatic carbocycles. The Hall–Kier alpha value is -0.220. The Morgan fingerprint density at radius 1 is 0.778 bits per heavy atom. The molecule has 1 rings (SSSR count). The Morgan fingerprint density at radius 2 is 1.11 bits per heavy atom. The van der Waals surface area contributed by atoms with Gasteiger partial charge in [0.25, 0.3) is 0 Å². The number of hydrogen-bond donors (Lipinski definition) is 0. The molecule has 0 unspecified atom stereocenters. The third-order valence-electron chi connectivity index (χ3n) is 0.361. The van der Waals surface area contributed by atoms with E-state index >= 15 is 0 Å². The van der Waals surface area contributed by atoms with Gasteiger partial charge in [-0.1, -0.05) is 12.3 Å². The third-order valence-corrected chi connectivity index (χ3v) is 2.25. The first kappa shape index (κ1) is 6.89. The van der Waals surface area contributed by atoms with Gasteiger partial charge in [0.2, 0.25) is 0 Å². The van der Waals surface area contributed by atoms with Crippen molar-refractivity contribution in [3.8, 4) is 0 Å². The lowest BCUT2D eigenvalue weighted by molar-refractivity contribution is -0.0743. The van der Waals surface area contributed by atoms with Gasteiger partial charge in [-0.25, -0.2) is 0 Å². The summed E-state index contributed by atoms with van der Waals surface area (Å²) in [5.74, 6) is 0. The van der Waals surface area contributed by atoms with Crippen LogP contribution in [0.3, 0.4) is 0 Å². The predicted octanol–water partition coefficient (Wildman–Crippen LogP) is -1.55. The van der Waals surface area contributed by atoms with Gasteiger partial charge in [-0.05, 0) is 0 Å². The van der Waals surface area contributed by atoms with Crippen LogP contribution >= 0.6 is 0 Å². The predicted molar refractivity (Wildman–Crippen MR) is 21.1 cm³/mol. The van der Waals surface area contributed by atoms with Crippen molar-refractivity contribution in [2.75, 3.05) is 0 Å². The minimum absolute atomic E-state index is 3.22. The Morgan fingerprint density at radius 3 is 1.22 bits per heavy atom. The average Bonchev–Trinajstić information content (AvgIpc) is 1.78. The highest BCUT2D eigenvalue weighted by Gasteiger charge is 2.36. The van der Waals surface area contributed by atoms with Crippen LogP contribution in [0.2, 0.25) is 0 Å². The molecule has 0 radical (unpaired) electrons. The summed E-state index contributed by atoms with van der Waals surface area (Å²) in [6, 6.07) is 0. The Bertz CT molecular complexity index is 256. The molecular weight excluding hydrogens is 176 g/mol. The molecule has 9 heteroatoms. The summed E-state index contributed by atoms with van der Waals surface area (Å²) < 4.78 is 49.3. The van der Waals surface area contributed by atoms with E-state index in [-0.39, 0.29) is 0 Å². The fraction of sp³-hybridized carbons (Fsp3) is 0. The maximum Gasteiger partial charge on any atom is 0.444 e. The molecule has 0 saturated carbocycles. The van der Waals surface area contributed by atoms with Gasteiger partial charge < -0.3 is 0 Å². The zero-order valence-electron chi connectivity index (χ0n) is 3.67. The monoisotopic (exact) mass is 176 g/mol. The molecule has 1 heterocycles. The number of hydrogen-bond acceptors (Lipinski definition) is 7. The molecule has 1 aliphatic heterocycles. The van der Waals surface area contributed by atoms with Crippen LogP contribution in [-0.4, -0.2) is 16.8 Å². The van der Waals surface area contributed by atoms with Gasteiger partial charge in [-0.3, -0.25) is 0 Å². The van der Waals surface area contributed by atoms with Gasteiger partial charge in [-0.15, -0.1) is 0 Å². The van der Waals surface area contributed by atoms with Crippen LogP contribution in [0.15, 0.2) is 0 Å². The Kier molecular flexibility index (Phi) is 1.25. The summed E-state index contributed by atoms with van der Waals surface area (Å²) in [4.78, 5) is 0. The van der Waals surface area contributed by atoms with Crippen molar-refractivity contribution in [3.05, 3.63) is 0 Å². The molecule has 0 atom stereocenters. The van der Waals surface area contributed by atoms with E-state index in [2.05, 4.69) is 12.3 Å². The topological polar surface area (TPSA) is 96.0 Å². The van der Waals surface area contributed by atoms with Crippen LogP contribution in [0.5, 0.6) is 0 Å². The van der Waals surface area contributed by atoms with E-state index in [4.69, 9.17) is 0 Å². The minimum atomic E-state index is -4.46. The van der Waals surface area contributed by atoms with Crippen molar-refractivity contribution in [2.24, 2.45) is 0 Å². The molecule has 0 spiro atoms. The molecule has 0 aromatic rings. The fourth-order valence-corrected chi connectivity index (χ4v) is 1.74. The van der Waals surface area contributed by atoms with Gasteiger partial charge in [0.1, 0.15) is 0 Å². The molecular formula is O7S2. The van der Waals surface area contributed by atoms with Crippen LogP contribution < -0.4 is 0 Å². The van der Waals surface area contributed by atoms with Crippen LogP contribution in [0.4, 0.5) is 0 Å². The van der Waals surface area contributed by atoms with Crippen molar-refractivity contribution in [2.45, 2.75) is 0 Å². The van der Waals surface area contributed by atoms with E-state index in [0.29, 0.717) is 0 Å². The smallest absolute Gasteiger partial charge is 0.165 e. The van der Waals surface area contributed by atoms with Crippen LogP contribution in [-0.2, 0) is 33.1 Å². The lowest BCUT2D eigenvalue weighted by Crippen LogP contribution is -1.99. The van der Waals surface area contributed by atoms with E-state index in [9.17, 15) is 16.8 Å². The van der Waals surface area contributed by atoms with E-state index in [1.165, 1.54) is 0 Å². The second-order valence-electron chi connectivity index (χ2n) is 1.02. The van der Waals surface area contributed by atoms with Gasteiger partial charge >= 0.3 is 20.8 Å². The maximum atomic E-state index is 9.90. The van der Waals surface area contributed by atoms with Crippen molar-refractivity contribution < 1.29 is 29.1 Å². The molecule has 54 valence electrons. The van der Waals surface area contributed by atoms with Crippen molar-refractivity contribution >= 4 is 20.8 Å². The highest BCUT2D eigenvalue weighted by atomic mass is 32.3. The van der Waals surface area contributed by atoms with Gasteiger partial charge in [0, 0.05) is 0 Å². The van der Waals surface area contributed by atoms with Gasteiger partial charge in [0.15, 0.2) is 0 Å². The molecule has 0 amide bonds. The lowest BCUT2D eigenvalue weighted by atomic mass is 14.9. The summed E-state index contributed by atoms with van der Waals surface area (Å²) in [5.41, 5.74) is 0. The quantitative estimate of drug-likeness (QED) is 0.412. The summed E-state index contributed by atoms with van der Waals surface area (Å²) in [5, 5.41) is 0. The molecule has 0 N–H and O–H groups in total. The summed E-state index contributed by atoms with van der Waals surface area (Å²) in [7, 11) is -8.93. The Balaban J connectivity index is 3.09. The summed E-state index contributed by atoms with van der Waals surface area (Å²) in [6.07, 6.45) is 0. The zero-order chi connectivity index (χ0) is 7.12. The fourth-order valence-electron chi connectivity index (χ4n) is 0.193. The first-order valence-corrected chi connectivity index (χ1v) is 4.17. The average molecular weight is 176 g/mol. The lowest BCUT2D eigenvalue weighted by Gasteiger charge is -1.76. The second kappa shape index (κ2) is 1.64. The molecule has 9 heavy (non-hydrogen) atoms. The third kappa shape index (κ3) is 1.59. The molecule has 0 bridgehead atoms. The van der Waals surface area contributed by atoms with Crippen molar-refractivity contribution in [1.29, 1.82) is 0 Å². The maximum absolute atomic E-state index is 9.90. The Labute approximate surface area is 50.7 Å². The first-order valence-electron chi connectivity index (χ1n) is 1.50. The highest BCUT2D eigenvalue weighted by Crippen LogP contribution is 2.14. The van der Waals surface area contributed by atoms with Crippen molar-refractivity contribution in [3.63, 3.8) is 0 Å². The van der Waals surface area contributed by atoms with E-state index in [0.717, 1.165) is 0 Å². The van der Waals surface area contributed by atoms with Crippen LogP contribution in [0, 0.1) is 0 Å². The highest BCUT2D eigenvalue weighted by molar-refractivity contribution is 7.97. The van der Waals surface area contributed by atoms with Gasteiger partial charge in [-0.2, -0.15) is 16.8 Å². The van der Waals surface area contributed by atoms with E-state index in [1.807, 2.05) is 0 Å². The molecule has 1 fully saturated rings. The zero-order valence-corrected chi connectivity index (χ0v) is 5.31. The molecule has 1 aliphatic rings. The van der Waals surface area contributed by atoms with E-state index < -0.39 is 20.8 Å². The summed E-state index contributed by atoms with van der Waals surface area (Å²) in [6.45, 7) is 0. The van der Waals surface area contributed by atoms with Crippen LogP contribution in [0.25, 0.3) is 0 Å². The summed E-state index contributed by atoms with van der Waals surface area (Å²) >= 11 is 0. The number of rotatable bonds is 0. The van der Waals surface area contributed by atoms with Crippen LogP contribution in [0.1, 0.15) is 0 Å². The first-order chi connectivity index (χ1) is 3.91. The SMILES string of the molecule is O=S1(=O)OOS(=O)(=O)O1. The van der Waals surface area contributed by atoms with Crippen molar-refractivity contribution in [1.82, 2.24) is 0 Å². The minimum Gasteiger partial charge on any atom is -0.165 e. The normalized spacial score (nSPS) is 30.2. The van der Waals surface area contributed by atoms with E-state index in [1.54, 1.807) is 0 Å². The van der Waals surface area contributed by atoms with Gasteiger partial charge in [0.05, 0.1) is 0 Å². The second-order valence-corrected chi connectivity index (χ2v) is 3.47. The molecule has 1 saturated heterocycles. The molecule has 7 nitrogen and oxygen atoms in total. The largest absolute Gasteiger partial charge is 0.444 e. The molecule has 0 aromatic carbocycles. The molecule has 0 aromatic heterocycles.